The van der Waals surface area contributed by atoms with E-state index in [2.05, 4.69) is 27.7 Å². The zero-order valence-electron chi connectivity index (χ0n) is 9.81. The molecule has 0 aromatic rings. The molecule has 0 saturated heterocycles. The highest BCUT2D eigenvalue weighted by atomic mass is 16.1. The Hall–Kier alpha value is -0.330. The SMILES string of the molecule is CCCC(C)CC(C)(C)CC(C)=O. The van der Waals surface area contributed by atoms with Crippen molar-refractivity contribution in [2.24, 2.45) is 11.3 Å². The number of ketones is 1. The maximum Gasteiger partial charge on any atom is 0.130 e. The fourth-order valence-corrected chi connectivity index (χ4v) is 2.28. The van der Waals surface area contributed by atoms with Gasteiger partial charge in [0.05, 0.1) is 0 Å². The minimum atomic E-state index is 0.195. The van der Waals surface area contributed by atoms with Crippen molar-refractivity contribution in [1.82, 2.24) is 0 Å². The summed E-state index contributed by atoms with van der Waals surface area (Å²) < 4.78 is 0. The van der Waals surface area contributed by atoms with Crippen molar-refractivity contribution in [3.05, 3.63) is 0 Å². The van der Waals surface area contributed by atoms with Crippen LogP contribution in [0, 0.1) is 11.3 Å². The molecule has 0 spiro atoms. The van der Waals surface area contributed by atoms with Crippen LogP contribution in [0.25, 0.3) is 0 Å². The van der Waals surface area contributed by atoms with Gasteiger partial charge in [-0.05, 0) is 24.7 Å². The van der Waals surface area contributed by atoms with Crippen LogP contribution in [0.1, 0.15) is 60.3 Å². The fourth-order valence-electron chi connectivity index (χ4n) is 2.28. The average molecular weight is 184 g/mol. The van der Waals surface area contributed by atoms with Gasteiger partial charge in [0.15, 0.2) is 0 Å². The number of carbonyl (C=O) groups is 1. The Morgan fingerprint density at radius 2 is 1.92 bits per heavy atom. The third-order valence-corrected chi connectivity index (χ3v) is 2.41. The Kier molecular flexibility index (Phi) is 5.27. The maximum absolute atomic E-state index is 11.0. The minimum Gasteiger partial charge on any atom is -0.300 e. The molecule has 0 aliphatic heterocycles. The van der Waals surface area contributed by atoms with Crippen LogP contribution < -0.4 is 0 Å². The summed E-state index contributed by atoms with van der Waals surface area (Å²) in [5.41, 5.74) is 0.195. The molecule has 0 aromatic carbocycles. The van der Waals surface area contributed by atoms with Crippen molar-refractivity contribution in [3.63, 3.8) is 0 Å². The molecule has 0 heterocycles. The molecule has 0 N–H and O–H groups in total. The molecular weight excluding hydrogens is 160 g/mol. The Bertz CT molecular complexity index is 159. The van der Waals surface area contributed by atoms with E-state index in [9.17, 15) is 4.79 Å². The topological polar surface area (TPSA) is 17.1 Å². The summed E-state index contributed by atoms with van der Waals surface area (Å²) in [5, 5.41) is 0. The third kappa shape index (κ3) is 6.80. The zero-order valence-corrected chi connectivity index (χ0v) is 9.81. The zero-order chi connectivity index (χ0) is 10.5. The molecular formula is C12H24O. The van der Waals surface area contributed by atoms with E-state index in [1.807, 2.05) is 0 Å². The van der Waals surface area contributed by atoms with Gasteiger partial charge in [0.25, 0.3) is 0 Å². The van der Waals surface area contributed by atoms with Crippen LogP contribution in [0.15, 0.2) is 0 Å². The molecule has 0 bridgehead atoms. The predicted octanol–water partition coefficient (Wildman–Crippen LogP) is 3.82. The van der Waals surface area contributed by atoms with Crippen LogP contribution in [-0.4, -0.2) is 5.78 Å². The molecule has 0 aromatic heterocycles. The Balaban J connectivity index is 3.92. The van der Waals surface area contributed by atoms with E-state index >= 15 is 0 Å². The van der Waals surface area contributed by atoms with Gasteiger partial charge < -0.3 is 4.79 Å². The highest BCUT2D eigenvalue weighted by Crippen LogP contribution is 2.31. The summed E-state index contributed by atoms with van der Waals surface area (Å²) in [7, 11) is 0. The Labute approximate surface area is 82.9 Å². The first-order valence-electron chi connectivity index (χ1n) is 5.37. The highest BCUT2D eigenvalue weighted by Gasteiger charge is 2.22. The molecule has 1 heteroatoms. The summed E-state index contributed by atoms with van der Waals surface area (Å²) in [6.45, 7) is 10.6. The third-order valence-electron chi connectivity index (χ3n) is 2.41. The van der Waals surface area contributed by atoms with Crippen LogP contribution in [0.2, 0.25) is 0 Å². The van der Waals surface area contributed by atoms with Crippen molar-refractivity contribution in [2.45, 2.75) is 60.3 Å². The van der Waals surface area contributed by atoms with Crippen LogP contribution in [0.3, 0.4) is 0 Å². The first-order chi connectivity index (χ1) is 5.87. The summed E-state index contributed by atoms with van der Waals surface area (Å²) in [6.07, 6.45) is 4.42. The van der Waals surface area contributed by atoms with Crippen LogP contribution >= 0.6 is 0 Å². The Morgan fingerprint density at radius 1 is 1.38 bits per heavy atom. The fraction of sp³-hybridized carbons (Fsp3) is 0.917. The first kappa shape index (κ1) is 12.7. The Morgan fingerprint density at radius 3 is 2.31 bits per heavy atom. The minimum absolute atomic E-state index is 0.195. The summed E-state index contributed by atoms with van der Waals surface area (Å²) in [5.74, 6) is 1.06. The predicted molar refractivity (Wildman–Crippen MR) is 57.8 cm³/mol. The van der Waals surface area contributed by atoms with Gasteiger partial charge in [-0.3, -0.25) is 0 Å². The summed E-state index contributed by atoms with van der Waals surface area (Å²) in [4.78, 5) is 11.0. The van der Waals surface area contributed by atoms with Crippen molar-refractivity contribution in [2.75, 3.05) is 0 Å². The standard InChI is InChI=1S/C12H24O/c1-6-7-10(2)8-12(4,5)9-11(3)13/h10H,6-9H2,1-5H3. The second-order valence-corrected chi connectivity index (χ2v) is 5.14. The molecule has 0 amide bonds. The molecule has 0 aliphatic rings. The summed E-state index contributed by atoms with van der Waals surface area (Å²) in [6, 6.07) is 0. The van der Waals surface area contributed by atoms with Gasteiger partial charge in [-0.1, -0.05) is 40.5 Å². The molecule has 1 nitrogen and oxygen atoms in total. The molecule has 1 atom stereocenters. The van der Waals surface area contributed by atoms with Gasteiger partial charge in [0, 0.05) is 6.42 Å². The second-order valence-electron chi connectivity index (χ2n) is 5.14. The van der Waals surface area contributed by atoms with Crippen LogP contribution in [-0.2, 0) is 4.79 Å². The molecule has 0 radical (unpaired) electrons. The van der Waals surface area contributed by atoms with Gasteiger partial charge in [-0.25, -0.2) is 0 Å². The van der Waals surface area contributed by atoms with E-state index in [1.54, 1.807) is 6.92 Å². The molecule has 13 heavy (non-hydrogen) atoms. The smallest absolute Gasteiger partial charge is 0.130 e. The monoisotopic (exact) mass is 184 g/mol. The van der Waals surface area contributed by atoms with E-state index in [-0.39, 0.29) is 5.41 Å². The molecule has 78 valence electrons. The van der Waals surface area contributed by atoms with E-state index in [1.165, 1.54) is 19.3 Å². The van der Waals surface area contributed by atoms with Gasteiger partial charge in [-0.15, -0.1) is 0 Å². The number of rotatable bonds is 6. The number of hydrogen-bond acceptors (Lipinski definition) is 1. The second kappa shape index (κ2) is 5.41. The number of hydrogen-bond donors (Lipinski definition) is 0. The lowest BCUT2D eigenvalue weighted by Crippen LogP contribution is -2.18. The summed E-state index contributed by atoms with van der Waals surface area (Å²) >= 11 is 0. The van der Waals surface area contributed by atoms with Crippen molar-refractivity contribution in [1.29, 1.82) is 0 Å². The lowest BCUT2D eigenvalue weighted by Gasteiger charge is -2.26. The largest absolute Gasteiger partial charge is 0.300 e. The van der Waals surface area contributed by atoms with Crippen molar-refractivity contribution < 1.29 is 4.79 Å². The quantitative estimate of drug-likeness (QED) is 0.613. The molecule has 0 saturated carbocycles. The van der Waals surface area contributed by atoms with E-state index < -0.39 is 0 Å². The van der Waals surface area contributed by atoms with Gasteiger partial charge in [-0.2, -0.15) is 0 Å². The molecule has 0 fully saturated rings. The normalized spacial score (nSPS) is 14.2. The highest BCUT2D eigenvalue weighted by molar-refractivity contribution is 5.76. The van der Waals surface area contributed by atoms with Gasteiger partial charge >= 0.3 is 0 Å². The molecule has 1 unspecified atom stereocenters. The lowest BCUT2D eigenvalue weighted by molar-refractivity contribution is -0.119. The van der Waals surface area contributed by atoms with E-state index in [0.717, 1.165) is 12.3 Å². The molecule has 0 rings (SSSR count). The lowest BCUT2D eigenvalue weighted by atomic mass is 9.78. The average Bonchev–Trinajstić information content (AvgIpc) is 1.81. The number of Topliss-reactive ketones (excluding diaryl/α,β-unsaturated/α-hetero) is 1. The van der Waals surface area contributed by atoms with Crippen molar-refractivity contribution in [3.8, 4) is 0 Å². The molecule has 0 aliphatic carbocycles. The van der Waals surface area contributed by atoms with Crippen molar-refractivity contribution >= 4 is 5.78 Å². The number of carbonyl (C=O) groups excluding carboxylic acids is 1. The first-order valence-corrected chi connectivity index (χ1v) is 5.37. The van der Waals surface area contributed by atoms with Gasteiger partial charge in [0.2, 0.25) is 0 Å². The maximum atomic E-state index is 11.0. The van der Waals surface area contributed by atoms with Crippen LogP contribution in [0.4, 0.5) is 0 Å². The van der Waals surface area contributed by atoms with E-state index in [4.69, 9.17) is 0 Å². The van der Waals surface area contributed by atoms with Crippen LogP contribution in [0.5, 0.6) is 0 Å². The van der Waals surface area contributed by atoms with E-state index in [0.29, 0.717) is 5.78 Å². The van der Waals surface area contributed by atoms with Gasteiger partial charge in [0.1, 0.15) is 5.78 Å².